The third-order valence-corrected chi connectivity index (χ3v) is 3.99. The number of methoxy groups -OCH3 is 1. The molecule has 2 amide bonds. The second-order valence-electron chi connectivity index (χ2n) is 5.92. The molecule has 0 spiro atoms. The maximum absolute atomic E-state index is 12.1. The van der Waals surface area contributed by atoms with E-state index in [1.165, 1.54) is 0 Å². The first-order chi connectivity index (χ1) is 13.2. The number of benzene rings is 3. The number of nitrogens with one attached hydrogen (secondary N) is 2. The smallest absolute Gasteiger partial charge is 0.319 e. The van der Waals surface area contributed by atoms with Gasteiger partial charge in [0, 0.05) is 17.8 Å². The van der Waals surface area contributed by atoms with Crippen molar-refractivity contribution in [1.29, 1.82) is 0 Å². The Morgan fingerprint density at radius 1 is 0.889 bits per heavy atom. The minimum Gasteiger partial charge on any atom is -0.496 e. The van der Waals surface area contributed by atoms with Crippen LogP contribution in [0.1, 0.15) is 11.1 Å². The molecule has 0 unspecified atom stereocenters. The van der Waals surface area contributed by atoms with Crippen molar-refractivity contribution in [3.8, 4) is 11.5 Å². The van der Waals surface area contributed by atoms with Crippen LogP contribution in [0.4, 0.5) is 10.5 Å². The maximum Gasteiger partial charge on any atom is 0.319 e. The van der Waals surface area contributed by atoms with Crippen LogP contribution in [0.25, 0.3) is 0 Å². The number of carbonyl (C=O) groups is 1. The van der Waals surface area contributed by atoms with E-state index in [0.717, 1.165) is 22.6 Å². The SMILES string of the molecule is COc1ccccc1CNC(=O)Nc1ccc(OCc2ccccc2)cc1. The van der Waals surface area contributed by atoms with Crippen molar-refractivity contribution in [3.63, 3.8) is 0 Å². The van der Waals surface area contributed by atoms with Gasteiger partial charge in [-0.15, -0.1) is 0 Å². The highest BCUT2D eigenvalue weighted by Gasteiger charge is 2.05. The Morgan fingerprint density at radius 2 is 1.59 bits per heavy atom. The summed E-state index contributed by atoms with van der Waals surface area (Å²) < 4.78 is 11.0. The second kappa shape index (κ2) is 9.29. The lowest BCUT2D eigenvalue weighted by Crippen LogP contribution is -2.28. The molecule has 5 heteroatoms. The third kappa shape index (κ3) is 5.51. The molecule has 3 aromatic rings. The molecule has 138 valence electrons. The van der Waals surface area contributed by atoms with E-state index in [-0.39, 0.29) is 6.03 Å². The minimum atomic E-state index is -0.279. The van der Waals surface area contributed by atoms with Gasteiger partial charge in [-0.1, -0.05) is 48.5 Å². The van der Waals surface area contributed by atoms with Crippen molar-refractivity contribution >= 4 is 11.7 Å². The summed E-state index contributed by atoms with van der Waals surface area (Å²) in [5.74, 6) is 1.50. The summed E-state index contributed by atoms with van der Waals surface area (Å²) in [6, 6.07) is 24.6. The lowest BCUT2D eigenvalue weighted by molar-refractivity contribution is 0.251. The predicted octanol–water partition coefficient (Wildman–Crippen LogP) is 4.60. The molecule has 0 aliphatic carbocycles. The van der Waals surface area contributed by atoms with Crippen molar-refractivity contribution in [2.75, 3.05) is 12.4 Å². The molecule has 0 aliphatic heterocycles. The van der Waals surface area contributed by atoms with E-state index in [1.54, 1.807) is 7.11 Å². The molecule has 0 saturated heterocycles. The average Bonchev–Trinajstić information content (AvgIpc) is 2.72. The maximum atomic E-state index is 12.1. The summed E-state index contributed by atoms with van der Waals surface area (Å²) in [7, 11) is 1.61. The highest BCUT2D eigenvalue weighted by molar-refractivity contribution is 5.89. The topological polar surface area (TPSA) is 59.6 Å². The molecule has 0 aromatic heterocycles. The molecule has 0 radical (unpaired) electrons. The molecule has 27 heavy (non-hydrogen) atoms. The van der Waals surface area contributed by atoms with E-state index < -0.39 is 0 Å². The van der Waals surface area contributed by atoms with E-state index in [2.05, 4.69) is 10.6 Å². The number of para-hydroxylation sites is 1. The van der Waals surface area contributed by atoms with Gasteiger partial charge in [0.05, 0.1) is 7.11 Å². The third-order valence-electron chi connectivity index (χ3n) is 3.99. The monoisotopic (exact) mass is 362 g/mol. The molecule has 3 aromatic carbocycles. The predicted molar refractivity (Wildman–Crippen MR) is 106 cm³/mol. The number of amides is 2. The van der Waals surface area contributed by atoms with E-state index in [9.17, 15) is 4.79 Å². The van der Waals surface area contributed by atoms with Crippen LogP contribution in [0.15, 0.2) is 78.9 Å². The van der Waals surface area contributed by atoms with Crippen molar-refractivity contribution in [2.24, 2.45) is 0 Å². The standard InChI is InChI=1S/C22H22N2O3/c1-26-21-10-6-5-9-18(21)15-23-22(25)24-19-11-13-20(14-12-19)27-16-17-7-3-2-4-8-17/h2-14H,15-16H2,1H3,(H2,23,24,25). The molecular formula is C22H22N2O3. The number of ether oxygens (including phenoxy) is 2. The molecule has 0 fully saturated rings. The number of rotatable bonds is 7. The van der Waals surface area contributed by atoms with Crippen LogP contribution >= 0.6 is 0 Å². The summed E-state index contributed by atoms with van der Waals surface area (Å²) in [5, 5.41) is 5.63. The van der Waals surface area contributed by atoms with Gasteiger partial charge in [-0.05, 0) is 35.9 Å². The average molecular weight is 362 g/mol. The highest BCUT2D eigenvalue weighted by Crippen LogP contribution is 2.18. The number of urea groups is 1. The Labute approximate surface area is 158 Å². The largest absolute Gasteiger partial charge is 0.496 e. The molecule has 0 aliphatic rings. The number of anilines is 1. The van der Waals surface area contributed by atoms with Crippen LogP contribution in [0.3, 0.4) is 0 Å². The first-order valence-corrected chi connectivity index (χ1v) is 8.68. The number of hydrogen-bond acceptors (Lipinski definition) is 3. The zero-order chi connectivity index (χ0) is 18.9. The van der Waals surface area contributed by atoms with Gasteiger partial charge in [-0.25, -0.2) is 4.79 Å². The lowest BCUT2D eigenvalue weighted by Gasteiger charge is -2.11. The normalized spacial score (nSPS) is 10.1. The van der Waals surface area contributed by atoms with Gasteiger partial charge in [0.1, 0.15) is 18.1 Å². The van der Waals surface area contributed by atoms with Gasteiger partial charge in [0.2, 0.25) is 0 Å². The Morgan fingerprint density at radius 3 is 2.33 bits per heavy atom. The first-order valence-electron chi connectivity index (χ1n) is 8.68. The van der Waals surface area contributed by atoms with Crippen LogP contribution in [0, 0.1) is 0 Å². The minimum absolute atomic E-state index is 0.279. The highest BCUT2D eigenvalue weighted by atomic mass is 16.5. The van der Waals surface area contributed by atoms with Gasteiger partial charge in [-0.2, -0.15) is 0 Å². The van der Waals surface area contributed by atoms with E-state index >= 15 is 0 Å². The van der Waals surface area contributed by atoms with Gasteiger partial charge >= 0.3 is 6.03 Å². The molecule has 5 nitrogen and oxygen atoms in total. The molecular weight excluding hydrogens is 340 g/mol. The van der Waals surface area contributed by atoms with E-state index in [1.807, 2.05) is 78.9 Å². The number of carbonyl (C=O) groups excluding carboxylic acids is 1. The molecule has 0 atom stereocenters. The van der Waals surface area contributed by atoms with Crippen LogP contribution in [0.5, 0.6) is 11.5 Å². The fourth-order valence-corrected chi connectivity index (χ4v) is 2.58. The van der Waals surface area contributed by atoms with E-state index in [0.29, 0.717) is 18.8 Å². The van der Waals surface area contributed by atoms with Crippen LogP contribution < -0.4 is 20.1 Å². The van der Waals surface area contributed by atoms with E-state index in [4.69, 9.17) is 9.47 Å². The quantitative estimate of drug-likeness (QED) is 0.646. The fraction of sp³-hybridized carbons (Fsp3) is 0.136. The van der Waals surface area contributed by atoms with Gasteiger partial charge < -0.3 is 20.1 Å². The Hall–Kier alpha value is -3.47. The molecule has 0 heterocycles. The summed E-state index contributed by atoms with van der Waals surface area (Å²) in [5.41, 5.74) is 2.72. The Bertz CT molecular complexity index is 864. The summed E-state index contributed by atoms with van der Waals surface area (Å²) in [6.45, 7) is 0.890. The van der Waals surface area contributed by atoms with Gasteiger partial charge in [0.15, 0.2) is 0 Å². The van der Waals surface area contributed by atoms with Crippen molar-refractivity contribution in [3.05, 3.63) is 90.0 Å². The summed E-state index contributed by atoms with van der Waals surface area (Å²) >= 11 is 0. The van der Waals surface area contributed by atoms with Gasteiger partial charge in [0.25, 0.3) is 0 Å². The fourth-order valence-electron chi connectivity index (χ4n) is 2.58. The summed E-state index contributed by atoms with van der Waals surface area (Å²) in [4.78, 5) is 12.1. The molecule has 3 rings (SSSR count). The first kappa shape index (κ1) is 18.3. The van der Waals surface area contributed by atoms with Crippen molar-refractivity contribution < 1.29 is 14.3 Å². The second-order valence-corrected chi connectivity index (χ2v) is 5.92. The molecule has 0 saturated carbocycles. The number of hydrogen-bond donors (Lipinski definition) is 2. The Kier molecular flexibility index (Phi) is 6.30. The van der Waals surface area contributed by atoms with Crippen LogP contribution in [-0.2, 0) is 13.2 Å². The van der Waals surface area contributed by atoms with Gasteiger partial charge in [-0.3, -0.25) is 0 Å². The molecule has 0 bridgehead atoms. The molecule has 2 N–H and O–H groups in total. The van der Waals surface area contributed by atoms with Crippen molar-refractivity contribution in [1.82, 2.24) is 5.32 Å². The van der Waals surface area contributed by atoms with Crippen LogP contribution in [-0.4, -0.2) is 13.1 Å². The zero-order valence-electron chi connectivity index (χ0n) is 15.1. The van der Waals surface area contributed by atoms with Crippen LogP contribution in [0.2, 0.25) is 0 Å². The summed E-state index contributed by atoms with van der Waals surface area (Å²) in [6.07, 6.45) is 0. The lowest BCUT2D eigenvalue weighted by atomic mass is 10.2. The van der Waals surface area contributed by atoms with Crippen molar-refractivity contribution in [2.45, 2.75) is 13.2 Å². The Balaban J connectivity index is 1.48. The zero-order valence-corrected chi connectivity index (χ0v) is 15.1.